The molecule has 0 aliphatic carbocycles. The number of nitrogens with one attached hydrogen (secondary N) is 2. The zero-order valence-corrected chi connectivity index (χ0v) is 18.1. The molecule has 3 aromatic rings. The van der Waals surface area contributed by atoms with Crippen molar-refractivity contribution in [2.24, 2.45) is 5.92 Å². The van der Waals surface area contributed by atoms with Crippen LogP contribution in [0.15, 0.2) is 34.2 Å². The highest BCUT2D eigenvalue weighted by Crippen LogP contribution is 2.26. The summed E-state index contributed by atoms with van der Waals surface area (Å²) in [5, 5.41) is 3.43. The molecule has 0 aliphatic heterocycles. The number of aromatic nitrogens is 3. The zero-order chi connectivity index (χ0) is 21.1. The number of rotatable bonds is 7. The van der Waals surface area contributed by atoms with E-state index in [0.717, 1.165) is 11.3 Å². The molecule has 2 heterocycles. The second-order valence-corrected chi connectivity index (χ2v) is 8.40. The maximum atomic E-state index is 12.9. The molecule has 0 bridgehead atoms. The van der Waals surface area contributed by atoms with Gasteiger partial charge in [-0.05, 0) is 43.5 Å². The van der Waals surface area contributed by atoms with Crippen molar-refractivity contribution in [1.29, 1.82) is 0 Å². The minimum absolute atomic E-state index is 0.111. The Morgan fingerprint density at radius 1 is 1.31 bits per heavy atom. The molecule has 0 unspecified atom stereocenters. The van der Waals surface area contributed by atoms with Crippen molar-refractivity contribution in [3.63, 3.8) is 0 Å². The number of anilines is 1. The highest BCUT2D eigenvalue weighted by atomic mass is 32.2. The fraction of sp³-hybridized carbons (Fsp3) is 0.381. The average Bonchev–Trinajstić information content (AvgIpc) is 3.03. The molecule has 0 aliphatic rings. The van der Waals surface area contributed by atoms with Gasteiger partial charge in [-0.15, -0.1) is 0 Å². The first-order chi connectivity index (χ1) is 13.8. The van der Waals surface area contributed by atoms with Crippen LogP contribution in [0, 0.1) is 19.8 Å². The fourth-order valence-corrected chi connectivity index (χ4v) is 3.89. The number of carbonyl (C=O) groups is 1. The predicted octanol–water partition coefficient (Wildman–Crippen LogP) is 3.74. The highest BCUT2D eigenvalue weighted by Gasteiger charge is 2.16. The Labute approximate surface area is 173 Å². The van der Waals surface area contributed by atoms with Crippen molar-refractivity contribution < 1.29 is 9.53 Å². The maximum absolute atomic E-state index is 12.9. The summed E-state index contributed by atoms with van der Waals surface area (Å²) in [4.78, 5) is 33.2. The predicted molar refractivity (Wildman–Crippen MR) is 117 cm³/mol. The third-order valence-corrected chi connectivity index (χ3v) is 5.32. The van der Waals surface area contributed by atoms with Crippen LogP contribution in [-0.4, -0.2) is 33.3 Å². The van der Waals surface area contributed by atoms with E-state index in [4.69, 9.17) is 4.74 Å². The van der Waals surface area contributed by atoms with Gasteiger partial charge < -0.3 is 15.0 Å². The molecule has 0 radical (unpaired) electrons. The molecule has 3 rings (SSSR count). The van der Waals surface area contributed by atoms with Gasteiger partial charge in [0.2, 0.25) is 5.91 Å². The Kier molecular flexibility index (Phi) is 6.32. The third-order valence-electron chi connectivity index (χ3n) is 4.35. The van der Waals surface area contributed by atoms with Gasteiger partial charge >= 0.3 is 0 Å². The van der Waals surface area contributed by atoms with Crippen molar-refractivity contribution in [2.75, 3.05) is 18.2 Å². The molecule has 7 nitrogen and oxygen atoms in total. The summed E-state index contributed by atoms with van der Waals surface area (Å²) in [5.74, 6) is 0.826. The van der Waals surface area contributed by atoms with Gasteiger partial charge in [-0.25, -0.2) is 4.98 Å². The van der Waals surface area contributed by atoms with Crippen LogP contribution in [0.2, 0.25) is 0 Å². The van der Waals surface area contributed by atoms with E-state index in [1.165, 1.54) is 11.8 Å². The summed E-state index contributed by atoms with van der Waals surface area (Å²) < 4.78 is 6.96. The van der Waals surface area contributed by atoms with E-state index >= 15 is 0 Å². The van der Waals surface area contributed by atoms with Gasteiger partial charge in [0.25, 0.3) is 5.56 Å². The molecule has 0 atom stereocenters. The van der Waals surface area contributed by atoms with Gasteiger partial charge in [-0.1, -0.05) is 31.7 Å². The molecule has 2 aromatic heterocycles. The standard InChI is InChI=1S/C21H26N4O3S/c1-12(2)10-25-20(27)19-16(9-14(4)22-19)24-21(25)29-11-18(26)23-15-8-13(3)6-7-17(15)28-5/h6-9,12,22H,10-11H2,1-5H3,(H,23,26). The lowest BCUT2D eigenvalue weighted by atomic mass is 10.2. The molecule has 8 heteroatoms. The minimum atomic E-state index is -0.186. The van der Waals surface area contributed by atoms with Crippen LogP contribution in [0.1, 0.15) is 25.1 Å². The number of ether oxygens (including phenoxy) is 1. The van der Waals surface area contributed by atoms with Gasteiger partial charge in [0, 0.05) is 12.2 Å². The largest absolute Gasteiger partial charge is 0.495 e. The SMILES string of the molecule is COc1ccc(C)cc1NC(=O)CSc1nc2cc(C)[nH]c2c(=O)n1CC(C)C. The van der Waals surface area contributed by atoms with Crippen LogP contribution in [0.3, 0.4) is 0 Å². The van der Waals surface area contributed by atoms with Gasteiger partial charge in [0.15, 0.2) is 5.16 Å². The molecular weight excluding hydrogens is 388 g/mol. The monoisotopic (exact) mass is 414 g/mol. The first-order valence-corrected chi connectivity index (χ1v) is 10.4. The second-order valence-electron chi connectivity index (χ2n) is 7.46. The Bertz CT molecular complexity index is 1100. The smallest absolute Gasteiger partial charge is 0.278 e. The summed E-state index contributed by atoms with van der Waals surface area (Å²) in [7, 11) is 1.57. The number of aromatic amines is 1. The number of nitrogens with zero attached hydrogens (tertiary/aromatic N) is 2. The number of H-pyrrole nitrogens is 1. The summed E-state index contributed by atoms with van der Waals surface area (Å²) in [6.07, 6.45) is 0. The molecule has 0 saturated carbocycles. The van der Waals surface area contributed by atoms with E-state index < -0.39 is 0 Å². The van der Waals surface area contributed by atoms with Crippen LogP contribution in [0.5, 0.6) is 5.75 Å². The number of hydrogen-bond donors (Lipinski definition) is 2. The lowest BCUT2D eigenvalue weighted by Gasteiger charge is -2.14. The Morgan fingerprint density at radius 3 is 2.76 bits per heavy atom. The van der Waals surface area contributed by atoms with E-state index in [0.29, 0.717) is 34.2 Å². The van der Waals surface area contributed by atoms with Crippen LogP contribution in [0.25, 0.3) is 11.0 Å². The molecular formula is C21H26N4O3S. The Balaban J connectivity index is 1.83. The quantitative estimate of drug-likeness (QED) is 0.454. The lowest BCUT2D eigenvalue weighted by Crippen LogP contribution is -2.26. The molecule has 0 saturated heterocycles. The Morgan fingerprint density at radius 2 is 2.07 bits per heavy atom. The number of hydrogen-bond acceptors (Lipinski definition) is 5. The minimum Gasteiger partial charge on any atom is -0.495 e. The number of carbonyl (C=O) groups excluding carboxylic acids is 1. The van der Waals surface area contributed by atoms with Crippen LogP contribution >= 0.6 is 11.8 Å². The van der Waals surface area contributed by atoms with Crippen LogP contribution < -0.4 is 15.6 Å². The van der Waals surface area contributed by atoms with E-state index in [1.807, 2.05) is 52.0 Å². The second kappa shape index (κ2) is 8.73. The van der Waals surface area contributed by atoms with Gasteiger partial charge in [-0.2, -0.15) is 0 Å². The first-order valence-electron chi connectivity index (χ1n) is 9.46. The highest BCUT2D eigenvalue weighted by molar-refractivity contribution is 7.99. The van der Waals surface area contributed by atoms with Gasteiger partial charge in [0.1, 0.15) is 11.3 Å². The molecule has 1 aromatic carbocycles. The molecule has 1 amide bonds. The topological polar surface area (TPSA) is 89.0 Å². The van der Waals surface area contributed by atoms with Crippen molar-refractivity contribution in [3.05, 3.63) is 45.9 Å². The zero-order valence-electron chi connectivity index (χ0n) is 17.3. The van der Waals surface area contributed by atoms with Crippen molar-refractivity contribution in [2.45, 2.75) is 39.4 Å². The first kappa shape index (κ1) is 21.0. The Hall–Kier alpha value is -2.74. The number of benzene rings is 1. The fourth-order valence-electron chi connectivity index (χ4n) is 3.08. The van der Waals surface area contributed by atoms with E-state index in [-0.39, 0.29) is 23.1 Å². The van der Waals surface area contributed by atoms with Crippen molar-refractivity contribution in [1.82, 2.24) is 14.5 Å². The van der Waals surface area contributed by atoms with Crippen molar-refractivity contribution >= 4 is 34.4 Å². The molecule has 0 fully saturated rings. The molecule has 154 valence electrons. The third kappa shape index (κ3) is 4.82. The van der Waals surface area contributed by atoms with Crippen molar-refractivity contribution in [3.8, 4) is 5.75 Å². The number of thioether (sulfide) groups is 1. The molecule has 2 N–H and O–H groups in total. The van der Waals surface area contributed by atoms with E-state index in [9.17, 15) is 9.59 Å². The molecule has 0 spiro atoms. The van der Waals surface area contributed by atoms with E-state index in [1.54, 1.807) is 11.7 Å². The maximum Gasteiger partial charge on any atom is 0.278 e. The summed E-state index contributed by atoms with van der Waals surface area (Å²) >= 11 is 1.26. The summed E-state index contributed by atoms with van der Waals surface area (Å²) in [5.41, 5.74) is 3.54. The number of methoxy groups -OCH3 is 1. The number of fused-ring (bicyclic) bond motifs is 1. The number of aryl methyl sites for hydroxylation is 2. The molecule has 29 heavy (non-hydrogen) atoms. The normalized spacial score (nSPS) is 11.2. The van der Waals surface area contributed by atoms with Gasteiger partial charge in [0.05, 0.1) is 24.1 Å². The number of amides is 1. The van der Waals surface area contributed by atoms with Crippen LogP contribution in [-0.2, 0) is 11.3 Å². The van der Waals surface area contributed by atoms with Gasteiger partial charge in [-0.3, -0.25) is 14.2 Å². The average molecular weight is 415 g/mol. The lowest BCUT2D eigenvalue weighted by molar-refractivity contribution is -0.113. The summed E-state index contributed by atoms with van der Waals surface area (Å²) in [6.45, 7) is 8.47. The summed E-state index contributed by atoms with van der Waals surface area (Å²) in [6, 6.07) is 7.45. The van der Waals surface area contributed by atoms with Crippen LogP contribution in [0.4, 0.5) is 5.69 Å². The van der Waals surface area contributed by atoms with E-state index in [2.05, 4.69) is 15.3 Å².